The monoisotopic (exact) mass is 472 g/mol. The van der Waals surface area contributed by atoms with Crippen molar-refractivity contribution in [2.24, 2.45) is 11.8 Å². The molecule has 10 heteroatoms. The largest absolute Gasteiger partial charge is 0.480 e. The van der Waals surface area contributed by atoms with Crippen molar-refractivity contribution in [3.8, 4) is 0 Å². The van der Waals surface area contributed by atoms with E-state index in [4.69, 9.17) is 0 Å². The SMILES string of the molecule is CSCCC(NC(=O)C(CC(C)C)NC(=O)C(CC(C)C)NC(=O)C1CCCN1)C(=O)O. The number of aliphatic carboxylic acids is 1. The van der Waals surface area contributed by atoms with E-state index in [2.05, 4.69) is 21.3 Å². The minimum atomic E-state index is -1.10. The van der Waals surface area contributed by atoms with Gasteiger partial charge in [0, 0.05) is 0 Å². The molecule has 0 radical (unpaired) electrons. The second kappa shape index (κ2) is 14.4. The molecule has 1 fully saturated rings. The van der Waals surface area contributed by atoms with Crippen LogP contribution in [-0.2, 0) is 19.2 Å². The molecule has 1 rings (SSSR count). The van der Waals surface area contributed by atoms with Crippen LogP contribution in [0.5, 0.6) is 0 Å². The van der Waals surface area contributed by atoms with Crippen molar-refractivity contribution < 1.29 is 24.3 Å². The van der Waals surface area contributed by atoms with Crippen LogP contribution >= 0.6 is 11.8 Å². The maximum absolute atomic E-state index is 13.1. The van der Waals surface area contributed by atoms with Crippen LogP contribution < -0.4 is 21.3 Å². The number of nitrogens with one attached hydrogen (secondary N) is 4. The highest BCUT2D eigenvalue weighted by molar-refractivity contribution is 7.98. The Balaban J connectivity index is 2.89. The summed E-state index contributed by atoms with van der Waals surface area (Å²) in [6.45, 7) is 8.54. The molecule has 0 aromatic carbocycles. The molecule has 32 heavy (non-hydrogen) atoms. The van der Waals surface area contributed by atoms with Gasteiger partial charge in [0.15, 0.2) is 0 Å². The van der Waals surface area contributed by atoms with Gasteiger partial charge in [0.2, 0.25) is 17.7 Å². The van der Waals surface area contributed by atoms with Crippen LogP contribution in [0.4, 0.5) is 0 Å². The van der Waals surface area contributed by atoms with E-state index < -0.39 is 35.9 Å². The van der Waals surface area contributed by atoms with Gasteiger partial charge < -0.3 is 26.4 Å². The zero-order valence-corrected chi connectivity index (χ0v) is 20.7. The van der Waals surface area contributed by atoms with Crippen LogP contribution in [0.2, 0.25) is 0 Å². The van der Waals surface area contributed by atoms with Gasteiger partial charge in [0.05, 0.1) is 6.04 Å². The minimum absolute atomic E-state index is 0.0985. The van der Waals surface area contributed by atoms with Crippen LogP contribution in [0.3, 0.4) is 0 Å². The summed E-state index contributed by atoms with van der Waals surface area (Å²) in [6, 6.07) is -2.96. The number of hydrogen-bond acceptors (Lipinski definition) is 6. The molecule has 9 nitrogen and oxygen atoms in total. The lowest BCUT2D eigenvalue weighted by molar-refractivity contribution is -0.142. The molecule has 0 aromatic rings. The lowest BCUT2D eigenvalue weighted by Crippen LogP contribution is -2.57. The maximum atomic E-state index is 13.1. The first kappa shape index (κ1) is 28.2. The van der Waals surface area contributed by atoms with E-state index in [-0.39, 0.29) is 23.8 Å². The molecule has 4 atom stereocenters. The second-order valence-electron chi connectivity index (χ2n) is 9.21. The van der Waals surface area contributed by atoms with E-state index in [1.807, 2.05) is 34.0 Å². The molecule has 0 saturated carbocycles. The molecule has 0 bridgehead atoms. The van der Waals surface area contributed by atoms with Crippen molar-refractivity contribution in [3.63, 3.8) is 0 Å². The lowest BCUT2D eigenvalue weighted by Gasteiger charge is -2.26. The molecule has 0 aliphatic carbocycles. The van der Waals surface area contributed by atoms with E-state index in [1.54, 1.807) is 0 Å². The molecule has 184 valence electrons. The van der Waals surface area contributed by atoms with Crippen molar-refractivity contribution in [1.82, 2.24) is 21.3 Å². The van der Waals surface area contributed by atoms with Gasteiger partial charge in [-0.3, -0.25) is 14.4 Å². The van der Waals surface area contributed by atoms with Crippen molar-refractivity contribution in [3.05, 3.63) is 0 Å². The number of thioether (sulfide) groups is 1. The Morgan fingerprint density at radius 2 is 1.47 bits per heavy atom. The first-order valence-corrected chi connectivity index (χ1v) is 12.8. The zero-order valence-electron chi connectivity index (χ0n) is 19.9. The van der Waals surface area contributed by atoms with E-state index >= 15 is 0 Å². The van der Waals surface area contributed by atoms with Crippen LogP contribution in [-0.4, -0.2) is 71.5 Å². The third-order valence-corrected chi connectivity index (χ3v) is 5.93. The van der Waals surface area contributed by atoms with Gasteiger partial charge in [-0.25, -0.2) is 4.79 Å². The quantitative estimate of drug-likeness (QED) is 0.255. The van der Waals surface area contributed by atoms with Gasteiger partial charge in [0.25, 0.3) is 0 Å². The number of carbonyl (C=O) groups excluding carboxylic acids is 3. The molecule has 3 amide bonds. The maximum Gasteiger partial charge on any atom is 0.326 e. The number of carboxylic acid groups (broad SMARTS) is 1. The molecular formula is C22H40N4O5S. The molecular weight excluding hydrogens is 432 g/mol. The summed E-state index contributed by atoms with van der Waals surface area (Å²) in [7, 11) is 0. The molecule has 0 aromatic heterocycles. The Morgan fingerprint density at radius 1 is 0.938 bits per heavy atom. The Morgan fingerprint density at radius 3 is 1.91 bits per heavy atom. The molecule has 5 N–H and O–H groups in total. The van der Waals surface area contributed by atoms with Gasteiger partial charge in [-0.05, 0) is 62.5 Å². The summed E-state index contributed by atoms with van der Waals surface area (Å²) < 4.78 is 0. The third-order valence-electron chi connectivity index (χ3n) is 5.28. The summed E-state index contributed by atoms with van der Waals surface area (Å²) in [4.78, 5) is 50.0. The number of rotatable bonds is 14. The first-order chi connectivity index (χ1) is 15.0. The highest BCUT2D eigenvalue weighted by Crippen LogP contribution is 2.11. The third kappa shape index (κ3) is 10.2. The fourth-order valence-electron chi connectivity index (χ4n) is 3.62. The molecule has 1 saturated heterocycles. The Labute approximate surface area is 195 Å². The topological polar surface area (TPSA) is 137 Å². The Hall–Kier alpha value is -1.81. The van der Waals surface area contributed by atoms with Gasteiger partial charge in [0.1, 0.15) is 18.1 Å². The highest BCUT2D eigenvalue weighted by atomic mass is 32.2. The number of amides is 3. The summed E-state index contributed by atoms with van der Waals surface area (Å²) in [6.07, 6.45) is 4.60. The fourth-order valence-corrected chi connectivity index (χ4v) is 4.10. The van der Waals surface area contributed by atoms with E-state index in [0.29, 0.717) is 25.0 Å². The van der Waals surface area contributed by atoms with Gasteiger partial charge in [-0.2, -0.15) is 11.8 Å². The Bertz CT molecular complexity index is 638. The van der Waals surface area contributed by atoms with E-state index in [1.165, 1.54) is 11.8 Å². The molecule has 1 heterocycles. The van der Waals surface area contributed by atoms with Crippen molar-refractivity contribution >= 4 is 35.5 Å². The normalized spacial score (nSPS) is 18.8. The summed E-state index contributed by atoms with van der Waals surface area (Å²) >= 11 is 1.50. The molecule has 1 aliphatic heterocycles. The van der Waals surface area contributed by atoms with Crippen molar-refractivity contribution in [2.45, 2.75) is 84.0 Å². The number of carboxylic acids is 1. The van der Waals surface area contributed by atoms with Crippen molar-refractivity contribution in [1.29, 1.82) is 0 Å². The summed E-state index contributed by atoms with van der Waals surface area (Å²) in [5.74, 6) is -1.41. The Kier molecular flexibility index (Phi) is 12.7. The second-order valence-corrected chi connectivity index (χ2v) is 10.2. The summed E-state index contributed by atoms with van der Waals surface area (Å²) in [5, 5.41) is 20.7. The van der Waals surface area contributed by atoms with Crippen LogP contribution in [0.25, 0.3) is 0 Å². The van der Waals surface area contributed by atoms with Gasteiger partial charge in [-0.15, -0.1) is 0 Å². The fraction of sp³-hybridized carbons (Fsp3) is 0.818. The van der Waals surface area contributed by atoms with Gasteiger partial charge in [-0.1, -0.05) is 27.7 Å². The predicted octanol–water partition coefficient (Wildman–Crippen LogP) is 1.12. The van der Waals surface area contributed by atoms with Crippen LogP contribution in [0.15, 0.2) is 0 Å². The standard InChI is InChI=1S/C22H40N4O5S/c1-13(2)11-17(20(28)24-16(22(30)31)8-10-32-5)26-21(29)18(12-14(3)4)25-19(27)15-7-6-9-23-15/h13-18,23H,6-12H2,1-5H3,(H,24,28)(H,25,27)(H,26,29)(H,30,31). The van der Waals surface area contributed by atoms with E-state index in [0.717, 1.165) is 19.4 Å². The molecule has 4 unspecified atom stereocenters. The predicted molar refractivity (Wildman–Crippen MR) is 126 cm³/mol. The first-order valence-electron chi connectivity index (χ1n) is 11.4. The zero-order chi connectivity index (χ0) is 24.3. The van der Waals surface area contributed by atoms with Crippen LogP contribution in [0.1, 0.15) is 59.8 Å². The lowest BCUT2D eigenvalue weighted by atomic mass is 9.99. The highest BCUT2D eigenvalue weighted by Gasteiger charge is 2.32. The smallest absolute Gasteiger partial charge is 0.326 e. The molecule has 0 spiro atoms. The van der Waals surface area contributed by atoms with Crippen LogP contribution in [0, 0.1) is 11.8 Å². The average Bonchev–Trinajstić information content (AvgIpc) is 3.23. The van der Waals surface area contributed by atoms with E-state index in [9.17, 15) is 24.3 Å². The minimum Gasteiger partial charge on any atom is -0.480 e. The number of hydrogen-bond donors (Lipinski definition) is 5. The molecule has 1 aliphatic rings. The average molecular weight is 473 g/mol. The number of carbonyl (C=O) groups is 4. The summed E-state index contributed by atoms with van der Waals surface area (Å²) in [5.41, 5.74) is 0. The van der Waals surface area contributed by atoms with Gasteiger partial charge >= 0.3 is 5.97 Å². The van der Waals surface area contributed by atoms with Crippen molar-refractivity contribution in [2.75, 3.05) is 18.6 Å².